The maximum Gasteiger partial charge on any atom is 0.341 e. The Morgan fingerprint density at radius 2 is 1.73 bits per heavy atom. The summed E-state index contributed by atoms with van der Waals surface area (Å²) in [4.78, 5) is 11.7. The Hall–Kier alpha value is -2.50. The molecule has 3 aromatic carbocycles. The number of carboxylic acids is 1. The molecule has 0 aliphatic rings. The average Bonchev–Trinajstić information content (AvgIpc) is 2.76. The first-order valence-corrected chi connectivity index (χ1v) is 13.6. The van der Waals surface area contributed by atoms with Crippen LogP contribution in [0.1, 0.15) is 11.1 Å². The van der Waals surface area contributed by atoms with Crippen molar-refractivity contribution in [2.24, 2.45) is 0 Å². The van der Waals surface area contributed by atoms with E-state index in [9.17, 15) is 13.2 Å². The molecule has 172 valence electrons. The molecule has 1 N–H and O–H groups in total. The number of ether oxygens (including phenoxy) is 1. The number of benzene rings is 3. The molecular weight excluding hydrogens is 575 g/mol. The summed E-state index contributed by atoms with van der Waals surface area (Å²) >= 11 is 3.83. The van der Waals surface area contributed by atoms with Crippen LogP contribution in [-0.4, -0.2) is 38.1 Å². The minimum absolute atomic E-state index is 0.260. The van der Waals surface area contributed by atoms with E-state index in [0.29, 0.717) is 11.5 Å². The Morgan fingerprint density at radius 1 is 1.00 bits per heavy atom. The van der Waals surface area contributed by atoms with Crippen LogP contribution in [0.4, 0.5) is 0 Å². The molecule has 0 fully saturated rings. The first-order valence-electron chi connectivity index (χ1n) is 9.74. The Bertz CT molecular complexity index is 1260. The molecular formula is C24H21IO6S2. The Balaban J connectivity index is 1.83. The standard InChI is InChI=1S/C24H21IO6S2/c1-33(28,29)31-20-9-5-8-18(14-20)21(17-6-3-2-4-7-17)12-13-32-23-11-10-19(15-22(23)25)30-16-24(26)27/h2-12,14-15H,13,16H2,1H3,(H,26,27)/b21-12-. The van der Waals surface area contributed by atoms with Crippen molar-refractivity contribution >= 4 is 56.0 Å². The largest absolute Gasteiger partial charge is 0.482 e. The van der Waals surface area contributed by atoms with Crippen LogP contribution in [-0.2, 0) is 14.9 Å². The molecule has 0 amide bonds. The molecule has 0 saturated heterocycles. The van der Waals surface area contributed by atoms with E-state index in [1.165, 1.54) is 0 Å². The van der Waals surface area contributed by atoms with Crippen LogP contribution in [0.15, 0.2) is 83.8 Å². The summed E-state index contributed by atoms with van der Waals surface area (Å²) < 4.78 is 34.3. The van der Waals surface area contributed by atoms with E-state index in [1.54, 1.807) is 42.1 Å². The van der Waals surface area contributed by atoms with Gasteiger partial charge in [-0.3, -0.25) is 0 Å². The summed E-state index contributed by atoms with van der Waals surface area (Å²) in [5.41, 5.74) is 2.80. The molecule has 3 aromatic rings. The lowest BCUT2D eigenvalue weighted by molar-refractivity contribution is -0.139. The minimum Gasteiger partial charge on any atom is -0.482 e. The Kier molecular flexibility index (Phi) is 8.81. The fraction of sp³-hybridized carbons (Fsp3) is 0.125. The highest BCUT2D eigenvalue weighted by atomic mass is 127. The van der Waals surface area contributed by atoms with Gasteiger partial charge in [-0.2, -0.15) is 8.42 Å². The van der Waals surface area contributed by atoms with Crippen molar-refractivity contribution in [1.82, 2.24) is 0 Å². The quantitative estimate of drug-likeness (QED) is 0.193. The molecule has 0 aliphatic heterocycles. The first-order chi connectivity index (χ1) is 15.7. The second-order valence-electron chi connectivity index (χ2n) is 6.88. The molecule has 0 unspecified atom stereocenters. The van der Waals surface area contributed by atoms with E-state index in [0.717, 1.165) is 31.4 Å². The van der Waals surface area contributed by atoms with Crippen LogP contribution in [0.3, 0.4) is 0 Å². The summed E-state index contributed by atoms with van der Waals surface area (Å²) in [6.45, 7) is -0.381. The van der Waals surface area contributed by atoms with Crippen molar-refractivity contribution in [2.45, 2.75) is 4.90 Å². The van der Waals surface area contributed by atoms with Crippen molar-refractivity contribution in [3.05, 3.63) is 93.6 Å². The summed E-state index contributed by atoms with van der Waals surface area (Å²) in [6, 6.07) is 22.3. The van der Waals surface area contributed by atoms with Crippen LogP contribution >= 0.6 is 34.4 Å². The smallest absolute Gasteiger partial charge is 0.341 e. The number of thioether (sulfide) groups is 1. The zero-order valence-electron chi connectivity index (χ0n) is 17.6. The molecule has 0 radical (unpaired) electrons. The third-order valence-corrected chi connectivity index (χ3v) is 7.02. The SMILES string of the molecule is CS(=O)(=O)Oc1cccc(/C(=C\CSc2ccc(OCC(=O)O)cc2I)c2ccccc2)c1. The number of halogens is 1. The van der Waals surface area contributed by atoms with Gasteiger partial charge in [-0.15, -0.1) is 11.8 Å². The number of hydrogen-bond donors (Lipinski definition) is 1. The molecule has 33 heavy (non-hydrogen) atoms. The molecule has 0 atom stereocenters. The second kappa shape index (κ2) is 11.6. The topological polar surface area (TPSA) is 89.9 Å². The van der Waals surface area contributed by atoms with Gasteiger partial charge in [0.15, 0.2) is 6.61 Å². The van der Waals surface area contributed by atoms with Crippen molar-refractivity contribution in [1.29, 1.82) is 0 Å². The summed E-state index contributed by atoms with van der Waals surface area (Å²) in [6.07, 6.45) is 3.11. The molecule has 0 aliphatic carbocycles. The van der Waals surface area contributed by atoms with Gasteiger partial charge in [-0.25, -0.2) is 4.79 Å². The van der Waals surface area contributed by atoms with Gasteiger partial charge >= 0.3 is 16.1 Å². The van der Waals surface area contributed by atoms with Gasteiger partial charge < -0.3 is 14.0 Å². The number of aliphatic carboxylic acids is 1. The number of rotatable bonds is 10. The average molecular weight is 596 g/mol. The lowest BCUT2D eigenvalue weighted by Gasteiger charge is -2.11. The monoisotopic (exact) mass is 596 g/mol. The molecule has 0 saturated carbocycles. The third kappa shape index (κ3) is 8.09. The van der Waals surface area contributed by atoms with Crippen molar-refractivity contribution in [2.75, 3.05) is 18.6 Å². The van der Waals surface area contributed by atoms with E-state index < -0.39 is 16.1 Å². The van der Waals surface area contributed by atoms with Crippen LogP contribution in [0.5, 0.6) is 11.5 Å². The van der Waals surface area contributed by atoms with E-state index in [1.807, 2.05) is 42.5 Å². The predicted molar refractivity (Wildman–Crippen MR) is 138 cm³/mol. The van der Waals surface area contributed by atoms with E-state index in [2.05, 4.69) is 28.7 Å². The van der Waals surface area contributed by atoms with Gasteiger partial charge in [0, 0.05) is 14.2 Å². The van der Waals surface area contributed by atoms with Crippen molar-refractivity contribution in [3.8, 4) is 11.5 Å². The number of carboxylic acid groups (broad SMARTS) is 1. The fourth-order valence-corrected chi connectivity index (χ4v) is 5.16. The van der Waals surface area contributed by atoms with Crippen LogP contribution in [0, 0.1) is 3.57 Å². The van der Waals surface area contributed by atoms with E-state index in [-0.39, 0.29) is 12.4 Å². The van der Waals surface area contributed by atoms with Gasteiger partial charge in [-0.05, 0) is 69.6 Å². The van der Waals surface area contributed by atoms with Gasteiger partial charge in [0.25, 0.3) is 0 Å². The third-order valence-electron chi connectivity index (χ3n) is 4.27. The molecule has 0 heterocycles. The van der Waals surface area contributed by atoms with Gasteiger partial charge in [0.1, 0.15) is 11.5 Å². The van der Waals surface area contributed by atoms with Gasteiger partial charge in [0.2, 0.25) is 0 Å². The van der Waals surface area contributed by atoms with Crippen LogP contribution < -0.4 is 8.92 Å². The lowest BCUT2D eigenvalue weighted by atomic mass is 9.98. The van der Waals surface area contributed by atoms with Crippen LogP contribution in [0.25, 0.3) is 5.57 Å². The highest BCUT2D eigenvalue weighted by molar-refractivity contribution is 14.1. The number of carbonyl (C=O) groups is 1. The Labute approximate surface area is 210 Å². The zero-order chi connectivity index (χ0) is 23.8. The van der Waals surface area contributed by atoms with E-state index >= 15 is 0 Å². The van der Waals surface area contributed by atoms with Gasteiger partial charge in [-0.1, -0.05) is 48.5 Å². The summed E-state index contributed by atoms with van der Waals surface area (Å²) in [7, 11) is -3.62. The fourth-order valence-electron chi connectivity index (χ4n) is 2.96. The molecule has 6 nitrogen and oxygen atoms in total. The summed E-state index contributed by atoms with van der Waals surface area (Å²) in [5, 5.41) is 8.75. The molecule has 0 bridgehead atoms. The van der Waals surface area contributed by atoms with Crippen molar-refractivity contribution in [3.63, 3.8) is 0 Å². The second-order valence-corrected chi connectivity index (χ2v) is 10.7. The van der Waals surface area contributed by atoms with Crippen LogP contribution in [0.2, 0.25) is 0 Å². The maximum absolute atomic E-state index is 11.5. The van der Waals surface area contributed by atoms with Crippen molar-refractivity contribution < 1.29 is 27.2 Å². The number of hydrogen-bond acceptors (Lipinski definition) is 6. The molecule has 0 aromatic heterocycles. The highest BCUT2D eigenvalue weighted by Gasteiger charge is 2.10. The van der Waals surface area contributed by atoms with Gasteiger partial charge in [0.05, 0.1) is 6.26 Å². The first kappa shape index (κ1) is 25.1. The summed E-state index contributed by atoms with van der Waals surface area (Å²) in [5.74, 6) is 0.408. The van der Waals surface area contributed by atoms with E-state index in [4.69, 9.17) is 14.0 Å². The normalized spacial score (nSPS) is 11.8. The molecule has 9 heteroatoms. The lowest BCUT2D eigenvalue weighted by Crippen LogP contribution is -2.09. The predicted octanol–water partition coefficient (Wildman–Crippen LogP) is 5.32. The minimum atomic E-state index is -3.62. The molecule has 0 spiro atoms. The zero-order valence-corrected chi connectivity index (χ0v) is 21.4. The highest BCUT2D eigenvalue weighted by Crippen LogP contribution is 2.31. The molecule has 3 rings (SSSR count). The Morgan fingerprint density at radius 3 is 2.39 bits per heavy atom. The maximum atomic E-state index is 11.5.